The molecular weight excluding hydrogens is 334 g/mol. The van der Waals surface area contributed by atoms with E-state index in [1.807, 2.05) is 18.5 Å². The molecule has 4 aliphatic carbocycles. The zero-order valence-electron chi connectivity index (χ0n) is 16.6. The Labute approximate surface area is 162 Å². The van der Waals surface area contributed by atoms with E-state index in [2.05, 4.69) is 31.0 Å². The summed E-state index contributed by atoms with van der Waals surface area (Å²) in [6.07, 6.45) is 13.2. The number of aliphatic hydroxyl groups is 2. The molecule has 3 fully saturated rings. The van der Waals surface area contributed by atoms with Crippen LogP contribution in [0.15, 0.2) is 30.6 Å². The highest BCUT2D eigenvalue weighted by Crippen LogP contribution is 2.67. The number of hydrogen-bond acceptors (Lipinski definition) is 3. The summed E-state index contributed by atoms with van der Waals surface area (Å²) in [5.41, 5.74) is 3.16. The van der Waals surface area contributed by atoms with E-state index in [1.165, 1.54) is 24.0 Å². The number of aromatic nitrogens is 1. The van der Waals surface area contributed by atoms with Crippen molar-refractivity contribution in [3.8, 4) is 0 Å². The van der Waals surface area contributed by atoms with Gasteiger partial charge in [-0.25, -0.2) is 0 Å². The fourth-order valence-electron chi connectivity index (χ4n) is 7.74. The van der Waals surface area contributed by atoms with Gasteiger partial charge in [-0.05, 0) is 96.7 Å². The predicted octanol–water partition coefficient (Wildman–Crippen LogP) is 4.45. The van der Waals surface area contributed by atoms with Gasteiger partial charge in [0.2, 0.25) is 0 Å². The van der Waals surface area contributed by atoms with Gasteiger partial charge in [-0.3, -0.25) is 4.98 Å². The third-order valence-electron chi connectivity index (χ3n) is 9.21. The van der Waals surface area contributed by atoms with Crippen LogP contribution in [0.4, 0.5) is 0 Å². The molecule has 0 spiro atoms. The number of hydrogen-bond donors (Lipinski definition) is 2. The van der Waals surface area contributed by atoms with Gasteiger partial charge in [0.05, 0.1) is 12.2 Å². The maximum absolute atomic E-state index is 11.2. The van der Waals surface area contributed by atoms with Crippen molar-refractivity contribution in [3.05, 3.63) is 36.2 Å². The first kappa shape index (κ1) is 17.9. The molecule has 8 atom stereocenters. The summed E-state index contributed by atoms with van der Waals surface area (Å²) in [4.78, 5) is 4.35. The molecule has 0 saturated heterocycles. The van der Waals surface area contributed by atoms with Crippen LogP contribution >= 0.6 is 0 Å². The maximum Gasteiger partial charge on any atom is 0.0577 e. The standard InChI is InChI=1S/C24H33NO2/c1-23-9-7-17(26)12-16(23)13-21(27)22-19-6-5-18(15-4-3-11-25-14-15)24(19,2)10-8-20(22)23/h3-5,11,14,16-17,19-22,26-27H,6-10,12-13H2,1-2H3/t16-,17+,19+,20+,21+,22+,23+,24-/m1/s1. The van der Waals surface area contributed by atoms with Crippen LogP contribution in [0, 0.1) is 34.5 Å². The molecule has 3 heteroatoms. The molecule has 0 aromatic carbocycles. The highest BCUT2D eigenvalue weighted by Gasteiger charge is 2.61. The monoisotopic (exact) mass is 367 g/mol. The molecule has 4 aliphatic rings. The minimum absolute atomic E-state index is 0.155. The van der Waals surface area contributed by atoms with E-state index < -0.39 is 0 Å². The van der Waals surface area contributed by atoms with Crippen LogP contribution in [0.5, 0.6) is 0 Å². The van der Waals surface area contributed by atoms with Gasteiger partial charge in [-0.15, -0.1) is 0 Å². The molecule has 5 rings (SSSR count). The number of nitrogens with zero attached hydrogens (tertiary/aromatic N) is 1. The van der Waals surface area contributed by atoms with E-state index in [0.29, 0.717) is 29.1 Å². The second-order valence-electron chi connectivity index (χ2n) is 10.3. The Bertz CT molecular complexity index is 746. The average molecular weight is 368 g/mol. The fraction of sp³-hybridized carbons (Fsp3) is 0.708. The molecule has 3 nitrogen and oxygen atoms in total. The third-order valence-corrected chi connectivity index (χ3v) is 9.21. The van der Waals surface area contributed by atoms with Crippen molar-refractivity contribution in [1.82, 2.24) is 4.98 Å². The van der Waals surface area contributed by atoms with E-state index in [0.717, 1.165) is 32.1 Å². The lowest BCUT2D eigenvalue weighted by molar-refractivity contribution is -0.163. The molecular formula is C24H33NO2. The summed E-state index contributed by atoms with van der Waals surface area (Å²) in [5, 5.41) is 21.4. The Morgan fingerprint density at radius 1 is 1.07 bits per heavy atom. The first-order valence-electron chi connectivity index (χ1n) is 10.9. The van der Waals surface area contributed by atoms with Crippen LogP contribution < -0.4 is 0 Å². The molecule has 0 amide bonds. The highest BCUT2D eigenvalue weighted by molar-refractivity contribution is 5.72. The number of aliphatic hydroxyl groups excluding tert-OH is 2. The number of allylic oxidation sites excluding steroid dienone is 2. The molecule has 0 bridgehead atoms. The van der Waals surface area contributed by atoms with Gasteiger partial charge < -0.3 is 10.2 Å². The highest BCUT2D eigenvalue weighted by atomic mass is 16.3. The topological polar surface area (TPSA) is 53.4 Å². The summed E-state index contributed by atoms with van der Waals surface area (Å²) < 4.78 is 0. The van der Waals surface area contributed by atoms with Crippen molar-refractivity contribution in [2.75, 3.05) is 0 Å². The zero-order chi connectivity index (χ0) is 18.8. The van der Waals surface area contributed by atoms with E-state index in [9.17, 15) is 10.2 Å². The molecule has 27 heavy (non-hydrogen) atoms. The van der Waals surface area contributed by atoms with Crippen LogP contribution in [-0.4, -0.2) is 27.4 Å². The lowest BCUT2D eigenvalue weighted by atomic mass is 9.44. The summed E-state index contributed by atoms with van der Waals surface area (Å²) >= 11 is 0. The van der Waals surface area contributed by atoms with Gasteiger partial charge in [0.25, 0.3) is 0 Å². The Kier molecular flexibility index (Phi) is 4.07. The van der Waals surface area contributed by atoms with Gasteiger partial charge in [-0.2, -0.15) is 0 Å². The van der Waals surface area contributed by atoms with E-state index >= 15 is 0 Å². The number of fused-ring (bicyclic) bond motifs is 5. The van der Waals surface area contributed by atoms with Crippen molar-refractivity contribution in [2.45, 2.75) is 71.0 Å². The summed E-state index contributed by atoms with van der Waals surface area (Å²) in [7, 11) is 0. The second-order valence-corrected chi connectivity index (χ2v) is 10.3. The quantitative estimate of drug-likeness (QED) is 0.771. The lowest BCUT2D eigenvalue weighted by Gasteiger charge is -2.62. The molecule has 2 N–H and O–H groups in total. The van der Waals surface area contributed by atoms with Crippen LogP contribution in [0.3, 0.4) is 0 Å². The number of pyridine rings is 1. The summed E-state index contributed by atoms with van der Waals surface area (Å²) in [6.45, 7) is 4.91. The van der Waals surface area contributed by atoms with Gasteiger partial charge >= 0.3 is 0 Å². The fourth-order valence-corrected chi connectivity index (χ4v) is 7.74. The van der Waals surface area contributed by atoms with Gasteiger partial charge in [-0.1, -0.05) is 26.0 Å². The maximum atomic E-state index is 11.2. The van der Waals surface area contributed by atoms with E-state index in [-0.39, 0.29) is 17.6 Å². The first-order chi connectivity index (χ1) is 12.9. The van der Waals surface area contributed by atoms with Crippen molar-refractivity contribution in [1.29, 1.82) is 0 Å². The lowest BCUT2D eigenvalue weighted by Crippen LogP contribution is -2.58. The first-order valence-corrected chi connectivity index (χ1v) is 10.9. The minimum atomic E-state index is -0.218. The molecule has 0 unspecified atom stereocenters. The van der Waals surface area contributed by atoms with Crippen LogP contribution in [0.1, 0.15) is 64.4 Å². The van der Waals surface area contributed by atoms with Crippen molar-refractivity contribution >= 4 is 5.57 Å². The van der Waals surface area contributed by atoms with E-state index in [1.54, 1.807) is 0 Å². The van der Waals surface area contributed by atoms with E-state index in [4.69, 9.17) is 0 Å². The molecule has 3 saturated carbocycles. The largest absolute Gasteiger partial charge is 0.393 e. The van der Waals surface area contributed by atoms with Crippen LogP contribution in [0.25, 0.3) is 5.57 Å². The normalized spacial score (nSPS) is 49.0. The SMILES string of the molecule is C[C@]12CC[C@H](O)C[C@@H]1C[C@H](O)[C@@H]1[C@@H]2CC[C@]2(C)C(c3cccnc3)=CC[C@@H]12. The summed E-state index contributed by atoms with van der Waals surface area (Å²) in [5.74, 6) is 2.00. The average Bonchev–Trinajstić information content (AvgIpc) is 3.01. The molecule has 1 aromatic rings. The molecule has 0 aliphatic heterocycles. The molecule has 0 radical (unpaired) electrons. The molecule has 1 aromatic heterocycles. The molecule has 146 valence electrons. The van der Waals surface area contributed by atoms with Gasteiger partial charge in [0.1, 0.15) is 0 Å². The Morgan fingerprint density at radius 2 is 1.93 bits per heavy atom. The van der Waals surface area contributed by atoms with Crippen LogP contribution in [-0.2, 0) is 0 Å². The van der Waals surface area contributed by atoms with Crippen molar-refractivity contribution in [3.63, 3.8) is 0 Å². The minimum Gasteiger partial charge on any atom is -0.393 e. The second kappa shape index (κ2) is 6.15. The number of rotatable bonds is 1. The smallest absolute Gasteiger partial charge is 0.0577 e. The predicted molar refractivity (Wildman–Crippen MR) is 107 cm³/mol. The van der Waals surface area contributed by atoms with Crippen LogP contribution in [0.2, 0.25) is 0 Å². The van der Waals surface area contributed by atoms with Crippen molar-refractivity contribution < 1.29 is 10.2 Å². The molecule has 1 heterocycles. The Hall–Kier alpha value is -1.19. The van der Waals surface area contributed by atoms with Gasteiger partial charge in [0.15, 0.2) is 0 Å². The third kappa shape index (κ3) is 2.50. The zero-order valence-corrected chi connectivity index (χ0v) is 16.6. The van der Waals surface area contributed by atoms with Crippen molar-refractivity contribution in [2.24, 2.45) is 34.5 Å². The Balaban J connectivity index is 1.48. The summed E-state index contributed by atoms with van der Waals surface area (Å²) in [6, 6.07) is 4.22. The Morgan fingerprint density at radius 3 is 2.70 bits per heavy atom. The van der Waals surface area contributed by atoms with Gasteiger partial charge in [0, 0.05) is 12.4 Å².